The number of thiazole rings is 1. The number of carbonyl (C=O) groups is 1. The molecule has 0 saturated heterocycles. The lowest BCUT2D eigenvalue weighted by Crippen LogP contribution is -2.25. The molecule has 1 aromatic heterocycles. The summed E-state index contributed by atoms with van der Waals surface area (Å²) in [7, 11) is 0. The van der Waals surface area contributed by atoms with E-state index in [-0.39, 0.29) is 5.91 Å². The summed E-state index contributed by atoms with van der Waals surface area (Å²) in [6.07, 6.45) is 0.829. The second kappa shape index (κ2) is 7.90. The van der Waals surface area contributed by atoms with Gasteiger partial charge >= 0.3 is 0 Å². The van der Waals surface area contributed by atoms with Crippen molar-refractivity contribution < 1.29 is 9.53 Å². The van der Waals surface area contributed by atoms with Crippen molar-refractivity contribution in [2.24, 2.45) is 0 Å². The first-order chi connectivity index (χ1) is 10.2. The molecule has 0 bridgehead atoms. The van der Waals surface area contributed by atoms with E-state index in [0.29, 0.717) is 25.3 Å². The summed E-state index contributed by atoms with van der Waals surface area (Å²) in [6.45, 7) is 5.96. The molecule has 1 N–H and O–H groups in total. The van der Waals surface area contributed by atoms with Crippen LogP contribution in [0, 0.1) is 6.92 Å². The van der Waals surface area contributed by atoms with Crippen molar-refractivity contribution in [1.82, 2.24) is 10.3 Å². The van der Waals surface area contributed by atoms with Crippen LogP contribution in [0.2, 0.25) is 0 Å². The van der Waals surface area contributed by atoms with Gasteiger partial charge in [-0.2, -0.15) is 0 Å². The summed E-state index contributed by atoms with van der Waals surface area (Å²) in [4.78, 5) is 16.4. The molecule has 0 aliphatic carbocycles. The summed E-state index contributed by atoms with van der Waals surface area (Å²) in [5, 5.41) is 5.89. The number of aromatic nitrogens is 1. The highest BCUT2D eigenvalue weighted by Crippen LogP contribution is 2.23. The molecule has 0 spiro atoms. The Bertz CT molecular complexity index is 578. The number of benzene rings is 1. The number of rotatable bonds is 7. The third-order valence-corrected chi connectivity index (χ3v) is 3.98. The summed E-state index contributed by atoms with van der Waals surface area (Å²) in [5.41, 5.74) is 2.73. The van der Waals surface area contributed by atoms with E-state index >= 15 is 0 Å². The zero-order valence-corrected chi connectivity index (χ0v) is 13.2. The van der Waals surface area contributed by atoms with E-state index in [1.807, 2.05) is 43.5 Å². The molecule has 0 saturated carbocycles. The fraction of sp³-hybridized carbons (Fsp3) is 0.375. The summed E-state index contributed by atoms with van der Waals surface area (Å²) in [5.74, 6) is -0.0478. The summed E-state index contributed by atoms with van der Waals surface area (Å²) >= 11 is 1.61. The molecule has 1 heterocycles. The second-order valence-electron chi connectivity index (χ2n) is 4.68. The SMILES string of the molecule is CCOCCCNC(=O)c1ccc(-c2nc(C)cs2)cc1. The number of amides is 1. The standard InChI is InChI=1S/C16H20N2O2S/c1-3-20-10-4-9-17-15(19)13-5-7-14(8-6-13)16-18-12(2)11-21-16/h5-8,11H,3-4,9-10H2,1-2H3,(H,17,19). The average molecular weight is 304 g/mol. The molecule has 1 amide bonds. The maximum atomic E-state index is 12.0. The fourth-order valence-electron chi connectivity index (χ4n) is 1.87. The monoisotopic (exact) mass is 304 g/mol. The summed E-state index contributed by atoms with van der Waals surface area (Å²) < 4.78 is 5.23. The number of nitrogens with zero attached hydrogens (tertiary/aromatic N) is 1. The van der Waals surface area contributed by atoms with Crippen molar-refractivity contribution in [1.29, 1.82) is 0 Å². The zero-order chi connectivity index (χ0) is 15.1. The van der Waals surface area contributed by atoms with E-state index in [1.54, 1.807) is 11.3 Å². The highest BCUT2D eigenvalue weighted by atomic mass is 32.1. The zero-order valence-electron chi connectivity index (χ0n) is 12.4. The Kier molecular flexibility index (Phi) is 5.90. The van der Waals surface area contributed by atoms with Gasteiger partial charge in [-0.1, -0.05) is 12.1 Å². The molecule has 2 rings (SSSR count). The van der Waals surface area contributed by atoms with Crippen molar-refractivity contribution in [2.45, 2.75) is 20.3 Å². The van der Waals surface area contributed by atoms with Crippen LogP contribution in [0.25, 0.3) is 10.6 Å². The maximum Gasteiger partial charge on any atom is 0.251 e. The molecular weight excluding hydrogens is 284 g/mol. The number of hydrogen-bond donors (Lipinski definition) is 1. The number of nitrogens with one attached hydrogen (secondary N) is 1. The van der Waals surface area contributed by atoms with Crippen LogP contribution >= 0.6 is 11.3 Å². The van der Waals surface area contributed by atoms with Gasteiger partial charge in [0.1, 0.15) is 5.01 Å². The molecule has 112 valence electrons. The Morgan fingerprint density at radius 3 is 2.71 bits per heavy atom. The van der Waals surface area contributed by atoms with E-state index in [4.69, 9.17) is 4.74 Å². The van der Waals surface area contributed by atoms with Gasteiger partial charge in [-0.05, 0) is 32.4 Å². The highest BCUT2D eigenvalue weighted by molar-refractivity contribution is 7.13. The quantitative estimate of drug-likeness (QED) is 0.799. The Morgan fingerprint density at radius 1 is 1.33 bits per heavy atom. The van der Waals surface area contributed by atoms with Crippen molar-refractivity contribution >= 4 is 17.2 Å². The first-order valence-corrected chi connectivity index (χ1v) is 7.97. The number of aryl methyl sites for hydroxylation is 1. The lowest BCUT2D eigenvalue weighted by Gasteiger charge is -2.06. The second-order valence-corrected chi connectivity index (χ2v) is 5.54. The van der Waals surface area contributed by atoms with Gasteiger partial charge in [-0.3, -0.25) is 4.79 Å². The molecule has 2 aromatic rings. The molecule has 5 heteroatoms. The lowest BCUT2D eigenvalue weighted by molar-refractivity contribution is 0.0944. The normalized spacial score (nSPS) is 10.6. The van der Waals surface area contributed by atoms with Crippen LogP contribution in [0.4, 0.5) is 0 Å². The molecule has 0 unspecified atom stereocenters. The van der Waals surface area contributed by atoms with Crippen LogP contribution in [0.3, 0.4) is 0 Å². The van der Waals surface area contributed by atoms with Crippen LogP contribution in [-0.2, 0) is 4.74 Å². The Hall–Kier alpha value is -1.72. The molecule has 0 radical (unpaired) electrons. The summed E-state index contributed by atoms with van der Waals surface area (Å²) in [6, 6.07) is 7.55. The molecule has 0 aliphatic rings. The van der Waals surface area contributed by atoms with Gasteiger partial charge in [-0.15, -0.1) is 11.3 Å². The van der Waals surface area contributed by atoms with E-state index < -0.39 is 0 Å². The highest BCUT2D eigenvalue weighted by Gasteiger charge is 2.07. The van der Waals surface area contributed by atoms with Gasteiger partial charge in [-0.25, -0.2) is 4.98 Å². The Labute approximate surface area is 129 Å². The minimum atomic E-state index is -0.0478. The first-order valence-electron chi connectivity index (χ1n) is 7.09. The minimum absolute atomic E-state index is 0.0478. The van der Waals surface area contributed by atoms with E-state index in [2.05, 4.69) is 10.3 Å². The molecule has 21 heavy (non-hydrogen) atoms. The van der Waals surface area contributed by atoms with Crippen molar-refractivity contribution in [2.75, 3.05) is 19.8 Å². The Morgan fingerprint density at radius 2 is 2.10 bits per heavy atom. The predicted molar refractivity (Wildman–Crippen MR) is 85.7 cm³/mol. The van der Waals surface area contributed by atoms with Gasteiger partial charge in [0, 0.05) is 42.0 Å². The van der Waals surface area contributed by atoms with Crippen molar-refractivity contribution in [3.63, 3.8) is 0 Å². The van der Waals surface area contributed by atoms with Crippen LogP contribution in [-0.4, -0.2) is 30.6 Å². The van der Waals surface area contributed by atoms with Gasteiger partial charge < -0.3 is 10.1 Å². The van der Waals surface area contributed by atoms with Crippen LogP contribution in [0.5, 0.6) is 0 Å². The molecule has 0 aliphatic heterocycles. The predicted octanol–water partition coefficient (Wildman–Crippen LogP) is 3.27. The van der Waals surface area contributed by atoms with Gasteiger partial charge in [0.15, 0.2) is 0 Å². The average Bonchev–Trinajstić information content (AvgIpc) is 2.93. The van der Waals surface area contributed by atoms with E-state index in [0.717, 1.165) is 22.7 Å². The van der Waals surface area contributed by atoms with Crippen molar-refractivity contribution in [3.8, 4) is 10.6 Å². The largest absolute Gasteiger partial charge is 0.382 e. The van der Waals surface area contributed by atoms with Crippen LogP contribution < -0.4 is 5.32 Å². The molecule has 4 nitrogen and oxygen atoms in total. The number of carbonyl (C=O) groups excluding carboxylic acids is 1. The van der Waals surface area contributed by atoms with Crippen LogP contribution in [0.1, 0.15) is 29.4 Å². The number of hydrogen-bond acceptors (Lipinski definition) is 4. The van der Waals surface area contributed by atoms with E-state index in [9.17, 15) is 4.79 Å². The lowest BCUT2D eigenvalue weighted by atomic mass is 10.1. The smallest absolute Gasteiger partial charge is 0.251 e. The van der Waals surface area contributed by atoms with E-state index in [1.165, 1.54) is 0 Å². The van der Waals surface area contributed by atoms with Gasteiger partial charge in [0.05, 0.1) is 0 Å². The van der Waals surface area contributed by atoms with Crippen molar-refractivity contribution in [3.05, 3.63) is 40.9 Å². The topological polar surface area (TPSA) is 51.2 Å². The first kappa shape index (κ1) is 15.7. The molecule has 0 fully saturated rings. The maximum absolute atomic E-state index is 12.0. The fourth-order valence-corrected chi connectivity index (χ4v) is 2.68. The van der Waals surface area contributed by atoms with Crippen LogP contribution in [0.15, 0.2) is 29.6 Å². The molecular formula is C16H20N2O2S. The third-order valence-electron chi connectivity index (χ3n) is 2.97. The Balaban J connectivity index is 1.88. The van der Waals surface area contributed by atoms with Gasteiger partial charge in [0.2, 0.25) is 0 Å². The molecule has 0 atom stereocenters. The minimum Gasteiger partial charge on any atom is -0.382 e. The third kappa shape index (κ3) is 4.65. The number of ether oxygens (including phenoxy) is 1. The van der Waals surface area contributed by atoms with Gasteiger partial charge in [0.25, 0.3) is 5.91 Å². The molecule has 1 aromatic carbocycles.